The van der Waals surface area contributed by atoms with Crippen molar-refractivity contribution in [2.75, 3.05) is 19.4 Å². The van der Waals surface area contributed by atoms with Gasteiger partial charge in [-0.15, -0.1) is 0 Å². The molecule has 0 aliphatic carbocycles. The fourth-order valence-electron chi connectivity index (χ4n) is 3.21. The maximum atomic E-state index is 4.83. The van der Waals surface area contributed by atoms with E-state index in [1.54, 1.807) is 0 Å². The Bertz CT molecular complexity index is 671. The van der Waals surface area contributed by atoms with Crippen LogP contribution >= 0.6 is 7.26 Å². The van der Waals surface area contributed by atoms with Crippen molar-refractivity contribution in [1.29, 1.82) is 0 Å². The minimum Gasteiger partial charge on any atom is -0.382 e. The van der Waals surface area contributed by atoms with Gasteiger partial charge in [0.1, 0.15) is 23.2 Å². The Hall–Kier alpha value is -2.21. The molecule has 0 radical (unpaired) electrons. The quantitative estimate of drug-likeness (QED) is 0.406. The smallest absolute Gasteiger partial charge is 0.115 e. The summed E-state index contributed by atoms with van der Waals surface area (Å²) in [6.07, 6.45) is 3.05. The lowest BCUT2D eigenvalue weighted by molar-refractivity contribution is 0.162. The number of hydrogen-bond donors (Lipinski definition) is 0. The van der Waals surface area contributed by atoms with Gasteiger partial charge in [0.05, 0.1) is 6.16 Å². The number of ether oxygens (including phenoxy) is 1. The molecule has 0 aliphatic rings. The standard InChI is InChI=1S/C21H20P.C4H10O/c1-2-18-22(19-12-6-3-7-13-19,20-14-8-4-9-15-20)21-16-10-5-11-17-21;1-3-5-4-2/h2-17H,1,18H2;3-4H2,1-2H3/q+1;. The zero-order valence-corrected chi connectivity index (χ0v) is 17.3. The van der Waals surface area contributed by atoms with Gasteiger partial charge in [-0.25, -0.2) is 0 Å². The Morgan fingerprint density at radius 3 is 1.22 bits per heavy atom. The largest absolute Gasteiger partial charge is 0.382 e. The average Bonchev–Trinajstić information content (AvgIpc) is 2.75. The molecule has 3 aromatic carbocycles. The van der Waals surface area contributed by atoms with Gasteiger partial charge in [0.15, 0.2) is 0 Å². The normalized spacial score (nSPS) is 10.6. The van der Waals surface area contributed by atoms with E-state index < -0.39 is 7.26 Å². The molecule has 1 nitrogen and oxygen atoms in total. The van der Waals surface area contributed by atoms with Gasteiger partial charge in [-0.05, 0) is 50.2 Å². The van der Waals surface area contributed by atoms with Crippen LogP contribution in [0.25, 0.3) is 0 Å². The van der Waals surface area contributed by atoms with E-state index in [0.717, 1.165) is 19.4 Å². The Balaban J connectivity index is 0.000000465. The molecule has 2 heteroatoms. The highest BCUT2D eigenvalue weighted by molar-refractivity contribution is 7.95. The third-order valence-corrected chi connectivity index (χ3v) is 8.75. The Kier molecular flexibility index (Phi) is 8.98. The first kappa shape index (κ1) is 21.1. The van der Waals surface area contributed by atoms with Crippen LogP contribution in [0.3, 0.4) is 0 Å². The van der Waals surface area contributed by atoms with Gasteiger partial charge in [0, 0.05) is 13.2 Å². The lowest BCUT2D eigenvalue weighted by Crippen LogP contribution is -2.32. The molecular formula is C25H30OP+. The SMILES string of the molecule is C=CC[P+](c1ccccc1)(c1ccccc1)c1ccccc1.CCOCC. The predicted octanol–water partition coefficient (Wildman–Crippen LogP) is 5.21. The van der Waals surface area contributed by atoms with Gasteiger partial charge in [-0.3, -0.25) is 0 Å². The molecule has 0 aromatic heterocycles. The molecule has 0 aliphatic heterocycles. The van der Waals surface area contributed by atoms with E-state index in [1.165, 1.54) is 15.9 Å². The lowest BCUT2D eigenvalue weighted by atomic mass is 10.4. The summed E-state index contributed by atoms with van der Waals surface area (Å²) >= 11 is 0. The van der Waals surface area contributed by atoms with E-state index in [0.29, 0.717) is 0 Å². The summed E-state index contributed by atoms with van der Waals surface area (Å²) in [6, 6.07) is 32.7. The first-order valence-electron chi connectivity index (χ1n) is 9.53. The summed E-state index contributed by atoms with van der Waals surface area (Å²) in [5.41, 5.74) is 0. The van der Waals surface area contributed by atoms with Crippen molar-refractivity contribution in [2.45, 2.75) is 13.8 Å². The van der Waals surface area contributed by atoms with Crippen molar-refractivity contribution in [3.05, 3.63) is 104 Å². The Morgan fingerprint density at radius 1 is 0.667 bits per heavy atom. The molecule has 0 bridgehead atoms. The lowest BCUT2D eigenvalue weighted by Gasteiger charge is -2.26. The van der Waals surface area contributed by atoms with E-state index in [-0.39, 0.29) is 0 Å². The maximum absolute atomic E-state index is 4.83. The van der Waals surface area contributed by atoms with Gasteiger partial charge >= 0.3 is 0 Å². The molecule has 0 amide bonds. The molecule has 0 atom stereocenters. The molecule has 0 N–H and O–H groups in total. The van der Waals surface area contributed by atoms with E-state index in [4.69, 9.17) is 4.74 Å². The van der Waals surface area contributed by atoms with Crippen LogP contribution in [-0.4, -0.2) is 19.4 Å². The Labute approximate surface area is 165 Å². The van der Waals surface area contributed by atoms with Crippen molar-refractivity contribution >= 4 is 23.2 Å². The summed E-state index contributed by atoms with van der Waals surface area (Å²) in [7, 11) is -1.67. The molecule has 0 fully saturated rings. The van der Waals surface area contributed by atoms with Crippen LogP contribution in [0.5, 0.6) is 0 Å². The number of benzene rings is 3. The summed E-state index contributed by atoms with van der Waals surface area (Å²) in [5, 5.41) is 4.23. The van der Waals surface area contributed by atoms with Crippen molar-refractivity contribution in [1.82, 2.24) is 0 Å². The number of hydrogen-bond acceptors (Lipinski definition) is 1. The molecule has 0 heterocycles. The van der Waals surface area contributed by atoms with Crippen molar-refractivity contribution in [3.8, 4) is 0 Å². The molecule has 0 saturated carbocycles. The zero-order chi connectivity index (χ0) is 19.4. The zero-order valence-electron chi connectivity index (χ0n) is 16.4. The predicted molar refractivity (Wildman–Crippen MR) is 122 cm³/mol. The van der Waals surface area contributed by atoms with Crippen LogP contribution in [0.4, 0.5) is 0 Å². The Morgan fingerprint density at radius 2 is 1.00 bits per heavy atom. The second-order valence-corrected chi connectivity index (χ2v) is 9.60. The molecular weight excluding hydrogens is 347 g/mol. The third kappa shape index (κ3) is 5.39. The summed E-state index contributed by atoms with van der Waals surface area (Å²) in [4.78, 5) is 0. The summed E-state index contributed by atoms with van der Waals surface area (Å²) in [6.45, 7) is 9.72. The van der Waals surface area contributed by atoms with Crippen LogP contribution in [-0.2, 0) is 4.74 Å². The van der Waals surface area contributed by atoms with Crippen LogP contribution in [0.15, 0.2) is 104 Å². The fraction of sp³-hybridized carbons (Fsp3) is 0.200. The van der Waals surface area contributed by atoms with Crippen LogP contribution < -0.4 is 15.9 Å². The van der Waals surface area contributed by atoms with Gasteiger partial charge in [-0.1, -0.05) is 67.3 Å². The summed E-state index contributed by atoms with van der Waals surface area (Å²) < 4.78 is 4.83. The second kappa shape index (κ2) is 11.5. The topological polar surface area (TPSA) is 9.23 Å². The van der Waals surface area contributed by atoms with Crippen LogP contribution in [0.2, 0.25) is 0 Å². The molecule has 0 saturated heterocycles. The minimum absolute atomic E-state index is 0.844. The van der Waals surface area contributed by atoms with Gasteiger partial charge in [0.25, 0.3) is 0 Å². The van der Waals surface area contributed by atoms with Gasteiger partial charge in [-0.2, -0.15) is 0 Å². The first-order valence-corrected chi connectivity index (χ1v) is 11.5. The molecule has 0 spiro atoms. The minimum atomic E-state index is -1.67. The first-order chi connectivity index (χ1) is 13.3. The van der Waals surface area contributed by atoms with Crippen molar-refractivity contribution in [2.24, 2.45) is 0 Å². The number of rotatable bonds is 7. The van der Waals surface area contributed by atoms with E-state index in [1.807, 2.05) is 13.8 Å². The van der Waals surface area contributed by atoms with Gasteiger partial charge < -0.3 is 4.74 Å². The second-order valence-electron chi connectivity index (χ2n) is 6.07. The monoisotopic (exact) mass is 377 g/mol. The molecule has 27 heavy (non-hydrogen) atoms. The fourth-order valence-corrected chi connectivity index (χ4v) is 7.17. The van der Waals surface area contributed by atoms with Gasteiger partial charge in [0.2, 0.25) is 0 Å². The maximum Gasteiger partial charge on any atom is 0.115 e. The van der Waals surface area contributed by atoms with Crippen molar-refractivity contribution in [3.63, 3.8) is 0 Å². The highest BCUT2D eigenvalue weighted by Crippen LogP contribution is 2.55. The average molecular weight is 377 g/mol. The third-order valence-electron chi connectivity index (χ3n) is 4.40. The van der Waals surface area contributed by atoms with Crippen molar-refractivity contribution < 1.29 is 4.74 Å². The highest BCUT2D eigenvalue weighted by Gasteiger charge is 2.43. The van der Waals surface area contributed by atoms with E-state index in [9.17, 15) is 0 Å². The molecule has 140 valence electrons. The molecule has 0 unspecified atom stereocenters. The molecule has 3 rings (SSSR count). The number of allylic oxidation sites excluding steroid dienone is 1. The van der Waals surface area contributed by atoms with Crippen LogP contribution in [0, 0.1) is 0 Å². The molecule has 3 aromatic rings. The highest BCUT2D eigenvalue weighted by atomic mass is 31.2. The van der Waals surface area contributed by atoms with E-state index >= 15 is 0 Å². The van der Waals surface area contributed by atoms with E-state index in [2.05, 4.69) is 104 Å². The van der Waals surface area contributed by atoms with Crippen LogP contribution in [0.1, 0.15) is 13.8 Å². The summed E-state index contributed by atoms with van der Waals surface area (Å²) in [5.74, 6) is 0.